The zero-order valence-corrected chi connectivity index (χ0v) is 15.9. The van der Waals surface area contributed by atoms with Gasteiger partial charge in [-0.3, -0.25) is 9.59 Å². The van der Waals surface area contributed by atoms with E-state index in [0.717, 1.165) is 11.8 Å². The van der Waals surface area contributed by atoms with Crippen molar-refractivity contribution < 1.29 is 27.5 Å². The van der Waals surface area contributed by atoms with Crippen LogP contribution in [0.25, 0.3) is 0 Å². The molecule has 10 heteroatoms. The van der Waals surface area contributed by atoms with Gasteiger partial charge in [-0.05, 0) is 37.9 Å². The van der Waals surface area contributed by atoms with Gasteiger partial charge >= 0.3 is 6.18 Å². The Morgan fingerprint density at radius 2 is 1.93 bits per heavy atom. The smallest absolute Gasteiger partial charge is 0.422 e. The Hall–Kier alpha value is -3.14. The maximum absolute atomic E-state index is 12.2. The van der Waals surface area contributed by atoms with Crippen LogP contribution in [-0.2, 0) is 11.3 Å². The molecule has 0 atom stereocenters. The van der Waals surface area contributed by atoms with Crippen molar-refractivity contribution in [2.75, 3.05) is 32.6 Å². The number of ether oxygens (including phenoxy) is 1. The van der Waals surface area contributed by atoms with Gasteiger partial charge in [0.15, 0.2) is 6.61 Å². The van der Waals surface area contributed by atoms with Gasteiger partial charge < -0.3 is 20.3 Å². The first-order valence-corrected chi connectivity index (χ1v) is 8.60. The van der Waals surface area contributed by atoms with Crippen LogP contribution in [0.15, 0.2) is 42.6 Å². The topological polar surface area (TPSA) is 83.6 Å². The lowest BCUT2D eigenvalue weighted by Gasteiger charge is -2.11. The molecular weight excluding hydrogens is 389 g/mol. The Bertz CT molecular complexity index is 839. The summed E-state index contributed by atoms with van der Waals surface area (Å²) in [6, 6.07) is 9.53. The average molecular weight is 410 g/mol. The number of hydrogen-bond acceptors (Lipinski definition) is 5. The number of amides is 2. The summed E-state index contributed by atoms with van der Waals surface area (Å²) in [5, 5.41) is 5.45. The highest BCUT2D eigenvalue weighted by atomic mass is 19.4. The van der Waals surface area contributed by atoms with Crippen LogP contribution in [0, 0.1) is 0 Å². The highest BCUT2D eigenvalue weighted by molar-refractivity contribution is 5.94. The zero-order valence-electron chi connectivity index (χ0n) is 15.9. The van der Waals surface area contributed by atoms with Crippen LogP contribution in [0.4, 0.5) is 18.9 Å². The van der Waals surface area contributed by atoms with Crippen molar-refractivity contribution in [3.8, 4) is 5.88 Å². The van der Waals surface area contributed by atoms with Crippen LogP contribution < -0.4 is 15.4 Å². The number of halogens is 3. The number of pyridine rings is 1. The molecule has 0 saturated heterocycles. The van der Waals surface area contributed by atoms with Crippen molar-refractivity contribution in [1.82, 2.24) is 15.2 Å². The van der Waals surface area contributed by atoms with Gasteiger partial charge in [0, 0.05) is 24.5 Å². The third kappa shape index (κ3) is 8.18. The maximum atomic E-state index is 12.2. The molecule has 0 bridgehead atoms. The summed E-state index contributed by atoms with van der Waals surface area (Å²) in [6.07, 6.45) is -3.32. The number of hydrogen-bond donors (Lipinski definition) is 2. The number of carbonyl (C=O) groups excluding carboxylic acids is 2. The van der Waals surface area contributed by atoms with E-state index >= 15 is 0 Å². The van der Waals surface area contributed by atoms with Gasteiger partial charge in [0.05, 0.1) is 12.1 Å². The normalized spacial score (nSPS) is 11.2. The van der Waals surface area contributed by atoms with E-state index in [2.05, 4.69) is 20.4 Å². The molecule has 2 N–H and O–H groups in total. The molecule has 2 rings (SSSR count). The van der Waals surface area contributed by atoms with E-state index in [1.165, 1.54) is 12.1 Å². The monoisotopic (exact) mass is 410 g/mol. The van der Waals surface area contributed by atoms with Crippen molar-refractivity contribution >= 4 is 17.5 Å². The Labute approximate surface area is 165 Å². The summed E-state index contributed by atoms with van der Waals surface area (Å²) < 4.78 is 40.9. The van der Waals surface area contributed by atoms with Crippen molar-refractivity contribution in [3.63, 3.8) is 0 Å². The number of aromatic nitrogens is 1. The van der Waals surface area contributed by atoms with Gasteiger partial charge in [0.25, 0.3) is 5.91 Å². The zero-order chi connectivity index (χ0) is 21.4. The van der Waals surface area contributed by atoms with Gasteiger partial charge in [-0.2, -0.15) is 13.2 Å². The summed E-state index contributed by atoms with van der Waals surface area (Å²) in [7, 11) is 3.57. The first-order valence-electron chi connectivity index (χ1n) is 8.60. The van der Waals surface area contributed by atoms with E-state index in [4.69, 9.17) is 0 Å². The lowest BCUT2D eigenvalue weighted by atomic mass is 10.2. The Kier molecular flexibility index (Phi) is 7.54. The van der Waals surface area contributed by atoms with Gasteiger partial charge in [-0.15, -0.1) is 0 Å². The molecule has 0 aliphatic carbocycles. The number of likely N-dealkylation sites (N-methyl/N-ethyl adjacent to an activating group) is 1. The third-order valence-electron chi connectivity index (χ3n) is 3.51. The minimum atomic E-state index is -4.46. The fraction of sp³-hybridized carbons (Fsp3) is 0.316. The van der Waals surface area contributed by atoms with E-state index in [-0.39, 0.29) is 30.4 Å². The van der Waals surface area contributed by atoms with Gasteiger partial charge in [0.2, 0.25) is 11.8 Å². The summed E-state index contributed by atoms with van der Waals surface area (Å²) in [5.41, 5.74) is 1.55. The quantitative estimate of drug-likeness (QED) is 0.699. The molecule has 0 radical (unpaired) electrons. The highest BCUT2D eigenvalue weighted by Crippen LogP contribution is 2.17. The molecular formula is C19H21F3N4O3. The average Bonchev–Trinajstić information content (AvgIpc) is 2.64. The number of carbonyl (C=O) groups is 2. The summed E-state index contributed by atoms with van der Waals surface area (Å²) in [6.45, 7) is -1.01. The minimum absolute atomic E-state index is 0.157. The summed E-state index contributed by atoms with van der Waals surface area (Å²) in [4.78, 5) is 29.4. The van der Waals surface area contributed by atoms with E-state index in [9.17, 15) is 22.8 Å². The molecule has 7 nitrogen and oxygen atoms in total. The fourth-order valence-corrected chi connectivity index (χ4v) is 2.29. The van der Waals surface area contributed by atoms with Gasteiger partial charge in [-0.1, -0.05) is 12.1 Å². The molecule has 0 fully saturated rings. The number of rotatable bonds is 8. The fourth-order valence-electron chi connectivity index (χ4n) is 2.29. The van der Waals surface area contributed by atoms with E-state index in [1.807, 2.05) is 0 Å². The molecule has 0 unspecified atom stereocenters. The van der Waals surface area contributed by atoms with E-state index in [1.54, 1.807) is 43.3 Å². The molecule has 1 heterocycles. The first kappa shape index (κ1) is 22.2. The molecule has 0 aliphatic heterocycles. The summed E-state index contributed by atoms with van der Waals surface area (Å²) in [5.74, 6) is -0.822. The number of anilines is 1. The molecule has 156 valence electrons. The Morgan fingerprint density at radius 3 is 2.55 bits per heavy atom. The van der Waals surface area contributed by atoms with Crippen LogP contribution in [-0.4, -0.2) is 55.1 Å². The number of alkyl halides is 3. The highest BCUT2D eigenvalue weighted by Gasteiger charge is 2.28. The maximum Gasteiger partial charge on any atom is 0.422 e. The predicted octanol–water partition coefficient (Wildman–Crippen LogP) is 2.45. The number of nitrogens with zero attached hydrogens (tertiary/aromatic N) is 2. The first-order chi connectivity index (χ1) is 13.6. The standard InChI is InChI=1S/C19H21F3N4O3/c1-26(2)11-16(27)25-15-5-3-4-13(8-15)9-24-18(28)14-6-7-17(23-10-14)29-12-19(20,21)22/h3-8,10H,9,11-12H2,1-2H3,(H,24,28)(H,25,27). The van der Waals surface area contributed by atoms with Crippen molar-refractivity contribution in [1.29, 1.82) is 0 Å². The van der Waals surface area contributed by atoms with Crippen LogP contribution in [0.1, 0.15) is 15.9 Å². The second kappa shape index (κ2) is 9.87. The molecule has 29 heavy (non-hydrogen) atoms. The Morgan fingerprint density at radius 1 is 1.17 bits per heavy atom. The lowest BCUT2D eigenvalue weighted by molar-refractivity contribution is -0.154. The molecule has 0 saturated carbocycles. The Balaban J connectivity index is 1.88. The van der Waals surface area contributed by atoms with Crippen LogP contribution in [0.5, 0.6) is 5.88 Å². The largest absolute Gasteiger partial charge is 0.468 e. The number of nitrogens with one attached hydrogen (secondary N) is 2. The SMILES string of the molecule is CN(C)CC(=O)Nc1cccc(CNC(=O)c2ccc(OCC(F)(F)F)nc2)c1. The van der Waals surface area contributed by atoms with Crippen LogP contribution >= 0.6 is 0 Å². The summed E-state index contributed by atoms with van der Waals surface area (Å²) >= 11 is 0. The van der Waals surface area contributed by atoms with E-state index < -0.39 is 18.7 Å². The number of benzene rings is 1. The molecule has 1 aromatic heterocycles. The second-order valence-electron chi connectivity index (χ2n) is 6.46. The van der Waals surface area contributed by atoms with Crippen molar-refractivity contribution in [3.05, 3.63) is 53.7 Å². The predicted molar refractivity (Wildman–Crippen MR) is 101 cm³/mol. The van der Waals surface area contributed by atoms with Crippen molar-refractivity contribution in [2.45, 2.75) is 12.7 Å². The van der Waals surface area contributed by atoms with Crippen LogP contribution in [0.3, 0.4) is 0 Å². The third-order valence-corrected chi connectivity index (χ3v) is 3.51. The van der Waals surface area contributed by atoms with Crippen molar-refractivity contribution in [2.24, 2.45) is 0 Å². The molecule has 0 spiro atoms. The van der Waals surface area contributed by atoms with E-state index in [0.29, 0.717) is 5.69 Å². The molecule has 2 amide bonds. The lowest BCUT2D eigenvalue weighted by Crippen LogP contribution is -2.27. The van der Waals surface area contributed by atoms with Crippen LogP contribution in [0.2, 0.25) is 0 Å². The minimum Gasteiger partial charge on any atom is -0.468 e. The second-order valence-corrected chi connectivity index (χ2v) is 6.46. The molecule has 0 aliphatic rings. The van der Waals surface area contributed by atoms with Gasteiger partial charge in [-0.25, -0.2) is 4.98 Å². The molecule has 1 aromatic carbocycles. The molecule has 2 aromatic rings. The van der Waals surface area contributed by atoms with Gasteiger partial charge in [0.1, 0.15) is 0 Å².